The molecule has 1 aliphatic rings. The molecule has 1 aliphatic heterocycles. The van der Waals surface area contributed by atoms with Crippen molar-refractivity contribution in [2.45, 2.75) is 111 Å². The van der Waals surface area contributed by atoms with E-state index in [-0.39, 0.29) is 35.4 Å². The van der Waals surface area contributed by atoms with Crippen LogP contribution in [0.4, 0.5) is 0 Å². The highest BCUT2D eigenvalue weighted by molar-refractivity contribution is 5.90. The van der Waals surface area contributed by atoms with E-state index in [1.807, 2.05) is 39.8 Å². The van der Waals surface area contributed by atoms with E-state index >= 15 is 0 Å². The first-order chi connectivity index (χ1) is 32.8. The number of allylic oxidation sites excluding steroid dienone is 1. The van der Waals surface area contributed by atoms with Gasteiger partial charge in [-0.1, -0.05) is 89.3 Å². The average Bonchev–Trinajstić information content (AvgIpc) is 3.60. The second-order valence-corrected chi connectivity index (χ2v) is 18.9. The molecule has 6 N–H and O–H groups in total. The van der Waals surface area contributed by atoms with Gasteiger partial charge in [0, 0.05) is 55.0 Å². The van der Waals surface area contributed by atoms with Crippen molar-refractivity contribution < 1.29 is 23.9 Å². The van der Waals surface area contributed by atoms with Gasteiger partial charge in [0.25, 0.3) is 6.47 Å². The number of carbonyl (C=O) groups is 3. The van der Waals surface area contributed by atoms with Gasteiger partial charge in [0.2, 0.25) is 12.3 Å². The molecule has 0 spiro atoms. The quantitative estimate of drug-likeness (QED) is 0.0138. The van der Waals surface area contributed by atoms with Gasteiger partial charge in [-0.25, -0.2) is 0 Å². The lowest BCUT2D eigenvalue weighted by atomic mass is 9.84. The zero-order chi connectivity index (χ0) is 51.8. The van der Waals surface area contributed by atoms with Crippen LogP contribution < -0.4 is 27.2 Å². The Bertz CT molecular complexity index is 2230. The largest absolute Gasteiger partial charge is 0.467 e. The van der Waals surface area contributed by atoms with Crippen molar-refractivity contribution in [3.8, 4) is 35.8 Å². The third kappa shape index (κ3) is 18.2. The van der Waals surface area contributed by atoms with E-state index in [1.165, 1.54) is 10.5 Å². The number of likely N-dealkylation sites (N-methyl/N-ethyl adjacent to an activating group) is 1. The van der Waals surface area contributed by atoms with E-state index in [1.54, 1.807) is 14.2 Å². The number of carbonyl (C=O) groups excluding carboxylic acids is 3. The molecule has 1 fully saturated rings. The Morgan fingerprint density at radius 2 is 1.70 bits per heavy atom. The molecule has 0 bridgehead atoms. The van der Waals surface area contributed by atoms with Crippen molar-refractivity contribution >= 4 is 29.7 Å². The number of benzene rings is 2. The molecule has 3 unspecified atom stereocenters. The number of hydrazine groups is 1. The summed E-state index contributed by atoms with van der Waals surface area (Å²) in [6, 6.07) is 14.1. The first kappa shape index (κ1) is 59.3. The molecule has 69 heavy (non-hydrogen) atoms. The lowest BCUT2D eigenvalue weighted by Gasteiger charge is -2.33. The normalized spacial score (nSPS) is 13.7. The number of nitrogens with two attached hydrogens (primary N) is 1. The Kier molecular flexibility index (Phi) is 25.7. The standard InChI is InChI=1S/C44H66N6O5.C9H15N3.C2H2/c1-12-50-40-20-19-36(24-37(40)38(25-44(8,9)26-55-28-52)42(50)32(6)47-31(5)33(7)54-11)35-18-15-17-34(22-35)23-39(30(4)16-13-14-21-46-45)48-43(53)41(29(2)3)49(10)27-51;1-9(12-7-10-8-12)5-4-6-11(2)3;1-2/h15,17-20,22,24,27-29,32-33,39,41,46-47H,4-5,12-14,16,21,23,25-26,45H2,1-3,6-11H3,(H,48,53);10H,1,6-8H2,2-3H3;1-2H/t32-,33?,39?,41?;;/m0../s1. The number of rotatable bonds is 27. The molecular formula is C55H83N9O5. The highest BCUT2D eigenvalue weighted by atomic mass is 16.5. The molecule has 4 atom stereocenters. The monoisotopic (exact) mass is 950 g/mol. The van der Waals surface area contributed by atoms with Gasteiger partial charge in [0.05, 0.1) is 50.4 Å². The van der Waals surface area contributed by atoms with Gasteiger partial charge in [0.1, 0.15) is 6.04 Å². The molecule has 2 aromatic carbocycles. The van der Waals surface area contributed by atoms with E-state index in [2.05, 4.69) is 145 Å². The highest BCUT2D eigenvalue weighted by Crippen LogP contribution is 2.38. The summed E-state index contributed by atoms with van der Waals surface area (Å²) in [5, 5.41) is 11.1. The van der Waals surface area contributed by atoms with Crippen molar-refractivity contribution in [1.29, 1.82) is 0 Å². The van der Waals surface area contributed by atoms with Gasteiger partial charge >= 0.3 is 0 Å². The second-order valence-electron chi connectivity index (χ2n) is 18.9. The number of hydrogen-bond donors (Lipinski definition) is 5. The molecule has 2 amide bonds. The lowest BCUT2D eigenvalue weighted by Crippen LogP contribution is -2.51. The zero-order valence-corrected chi connectivity index (χ0v) is 43.5. The highest BCUT2D eigenvalue weighted by Gasteiger charge is 2.30. The minimum Gasteiger partial charge on any atom is -0.467 e. The van der Waals surface area contributed by atoms with Crippen LogP contribution in [0.1, 0.15) is 90.6 Å². The topological polar surface area (TPSA) is 158 Å². The Balaban J connectivity index is 0.00000100. The van der Waals surface area contributed by atoms with Crippen molar-refractivity contribution in [2.75, 3.05) is 61.3 Å². The molecule has 3 aromatic rings. The molecule has 0 radical (unpaired) electrons. The van der Waals surface area contributed by atoms with Crippen molar-refractivity contribution in [1.82, 2.24) is 40.6 Å². The van der Waals surface area contributed by atoms with Gasteiger partial charge in [0.15, 0.2) is 0 Å². The number of hydrogen-bond acceptors (Lipinski definition) is 11. The van der Waals surface area contributed by atoms with Gasteiger partial charge < -0.3 is 34.5 Å². The number of ether oxygens (including phenoxy) is 2. The van der Waals surface area contributed by atoms with Crippen LogP contribution in [-0.2, 0) is 43.2 Å². The number of fused-ring (bicyclic) bond motifs is 1. The molecule has 0 aliphatic carbocycles. The van der Waals surface area contributed by atoms with Gasteiger partial charge in [-0.3, -0.25) is 35.9 Å². The van der Waals surface area contributed by atoms with E-state index in [4.69, 9.17) is 15.3 Å². The Morgan fingerprint density at radius 3 is 2.26 bits per heavy atom. The first-order valence-electron chi connectivity index (χ1n) is 23.8. The Hall–Kier alpha value is -5.87. The minimum atomic E-state index is -0.601. The summed E-state index contributed by atoms with van der Waals surface area (Å²) in [7, 11) is 7.32. The van der Waals surface area contributed by atoms with Crippen molar-refractivity contribution in [2.24, 2.45) is 17.2 Å². The van der Waals surface area contributed by atoms with Crippen LogP contribution in [0.25, 0.3) is 22.0 Å². The van der Waals surface area contributed by atoms with E-state index in [9.17, 15) is 14.4 Å². The molecule has 378 valence electrons. The maximum Gasteiger partial charge on any atom is 0.293 e. The smallest absolute Gasteiger partial charge is 0.293 e. The van der Waals surface area contributed by atoms with Crippen LogP contribution in [0, 0.1) is 36.0 Å². The van der Waals surface area contributed by atoms with Crippen LogP contribution in [0.3, 0.4) is 0 Å². The first-order valence-corrected chi connectivity index (χ1v) is 23.8. The van der Waals surface area contributed by atoms with Crippen LogP contribution in [-0.4, -0.2) is 118 Å². The molecule has 4 rings (SSSR count). The summed E-state index contributed by atoms with van der Waals surface area (Å²) in [6.45, 7) is 31.7. The maximum absolute atomic E-state index is 13.7. The molecule has 2 heterocycles. The predicted octanol–water partition coefficient (Wildman–Crippen LogP) is 6.73. The fourth-order valence-electron chi connectivity index (χ4n) is 8.28. The third-order valence-electron chi connectivity index (χ3n) is 12.1. The summed E-state index contributed by atoms with van der Waals surface area (Å²) in [4.78, 5) is 42.1. The van der Waals surface area contributed by atoms with Gasteiger partial charge in [-0.15, -0.1) is 12.8 Å². The van der Waals surface area contributed by atoms with Crippen molar-refractivity contribution in [3.63, 3.8) is 0 Å². The number of nitrogens with zero attached hydrogens (tertiary/aromatic N) is 4. The third-order valence-corrected chi connectivity index (χ3v) is 12.1. The Labute approximate surface area is 414 Å². The molecule has 14 heteroatoms. The zero-order valence-electron chi connectivity index (χ0n) is 43.5. The Morgan fingerprint density at radius 1 is 1.01 bits per heavy atom. The summed E-state index contributed by atoms with van der Waals surface area (Å²) in [5.41, 5.74) is 11.7. The SMILES string of the molecule is C#C.C=C(C#CCN(C)C)N1CNC1.C=C(CCCCNN)C(Cc1cccc(-c2ccc3c(c2)c(CC(C)(C)COC=O)c([C@H](C)NC(=C)C(C)OC)n3CC)c1)NC(=O)C(C(C)C)N(C)C=O. The summed E-state index contributed by atoms with van der Waals surface area (Å²) in [5.74, 6) is 11.3. The van der Waals surface area contributed by atoms with E-state index in [0.717, 1.165) is 95.9 Å². The van der Waals surface area contributed by atoms with Gasteiger partial charge in [-0.05, 0) is 113 Å². The van der Waals surface area contributed by atoms with Crippen molar-refractivity contribution in [3.05, 3.63) is 96.0 Å². The number of aryl methyl sites for hydroxylation is 1. The molecule has 1 aromatic heterocycles. The maximum atomic E-state index is 13.7. The average molecular weight is 950 g/mol. The predicted molar refractivity (Wildman–Crippen MR) is 283 cm³/mol. The van der Waals surface area contributed by atoms with E-state index < -0.39 is 6.04 Å². The number of unbranched alkanes of at least 4 members (excludes halogenated alkanes) is 1. The number of methoxy groups -OCH3 is 1. The number of terminal acetylenes is 1. The van der Waals surface area contributed by atoms with Crippen LogP contribution in [0.2, 0.25) is 0 Å². The molecule has 14 nitrogen and oxygen atoms in total. The summed E-state index contributed by atoms with van der Waals surface area (Å²) < 4.78 is 13.2. The molecule has 0 saturated carbocycles. The van der Waals surface area contributed by atoms with Crippen LogP contribution in [0.5, 0.6) is 0 Å². The van der Waals surface area contributed by atoms with Crippen LogP contribution >= 0.6 is 0 Å². The summed E-state index contributed by atoms with van der Waals surface area (Å²) in [6.07, 6.45) is 12.3. The fourth-order valence-corrected chi connectivity index (χ4v) is 8.28. The fraction of sp³-hybridized carbons (Fsp3) is 0.509. The number of nitrogens with one attached hydrogen (secondary N) is 4. The molecule has 1 saturated heterocycles. The van der Waals surface area contributed by atoms with Crippen LogP contribution in [0.15, 0.2) is 79.2 Å². The number of aromatic nitrogens is 1. The lowest BCUT2D eigenvalue weighted by molar-refractivity contribution is -0.133. The number of amides is 2. The summed E-state index contributed by atoms with van der Waals surface area (Å²) >= 11 is 0. The van der Waals surface area contributed by atoms with Gasteiger partial charge in [-0.2, -0.15) is 0 Å². The molecular weight excluding hydrogens is 867 g/mol. The van der Waals surface area contributed by atoms with E-state index in [0.29, 0.717) is 38.9 Å². The minimum absolute atomic E-state index is 0.0689. The second kappa shape index (κ2) is 29.9.